The molecule has 0 radical (unpaired) electrons. The van der Waals surface area contributed by atoms with Crippen LogP contribution >= 0.6 is 0 Å². The van der Waals surface area contributed by atoms with Crippen LogP contribution in [0.2, 0.25) is 0 Å². The number of carbonyl (C=O) groups excluding carboxylic acids is 1. The molecule has 1 amide bonds. The van der Waals surface area contributed by atoms with E-state index in [1.165, 1.54) is 24.3 Å². The van der Waals surface area contributed by atoms with E-state index in [9.17, 15) is 9.18 Å². The number of benzene rings is 1. The summed E-state index contributed by atoms with van der Waals surface area (Å²) in [5, 5.41) is 2.93. The van der Waals surface area contributed by atoms with Gasteiger partial charge in [0, 0.05) is 24.7 Å². The predicted octanol–water partition coefficient (Wildman–Crippen LogP) is 2.29. The zero-order valence-electron chi connectivity index (χ0n) is 11.5. The smallest absolute Gasteiger partial charge is 0.251 e. The van der Waals surface area contributed by atoms with Crippen LogP contribution in [0.4, 0.5) is 4.39 Å². The molecule has 1 unspecified atom stereocenters. The van der Waals surface area contributed by atoms with Gasteiger partial charge in [-0.25, -0.2) is 4.39 Å². The Morgan fingerprint density at radius 1 is 1.42 bits per heavy atom. The first-order chi connectivity index (χ1) is 9.06. The second kappa shape index (κ2) is 6.15. The molecule has 1 aromatic rings. The van der Waals surface area contributed by atoms with Gasteiger partial charge in [-0.3, -0.25) is 4.79 Å². The van der Waals surface area contributed by atoms with Crippen molar-refractivity contribution >= 4 is 5.91 Å². The van der Waals surface area contributed by atoms with Gasteiger partial charge in [0.15, 0.2) is 0 Å². The van der Waals surface area contributed by atoms with Gasteiger partial charge in [0.05, 0.1) is 0 Å². The number of likely N-dealkylation sites (tertiary alicyclic amines) is 1. The van der Waals surface area contributed by atoms with Gasteiger partial charge in [-0.1, -0.05) is 0 Å². The van der Waals surface area contributed by atoms with Crippen molar-refractivity contribution in [1.82, 2.24) is 10.2 Å². The van der Waals surface area contributed by atoms with Gasteiger partial charge in [-0.2, -0.15) is 0 Å². The van der Waals surface area contributed by atoms with Crippen LogP contribution in [-0.2, 0) is 0 Å². The Morgan fingerprint density at radius 2 is 2.11 bits per heavy atom. The van der Waals surface area contributed by atoms with E-state index in [0.717, 1.165) is 19.5 Å². The van der Waals surface area contributed by atoms with Gasteiger partial charge in [0.2, 0.25) is 0 Å². The molecule has 1 heterocycles. The van der Waals surface area contributed by atoms with Crippen LogP contribution in [0.1, 0.15) is 30.6 Å². The summed E-state index contributed by atoms with van der Waals surface area (Å²) >= 11 is 0. The van der Waals surface area contributed by atoms with Crippen molar-refractivity contribution in [2.45, 2.75) is 26.3 Å². The predicted molar refractivity (Wildman–Crippen MR) is 73.5 cm³/mol. The molecule has 1 N–H and O–H groups in total. The van der Waals surface area contributed by atoms with Crippen LogP contribution in [0, 0.1) is 11.7 Å². The highest BCUT2D eigenvalue weighted by Crippen LogP contribution is 2.17. The largest absolute Gasteiger partial charge is 0.352 e. The number of rotatable bonds is 4. The van der Waals surface area contributed by atoms with E-state index in [4.69, 9.17) is 0 Å². The summed E-state index contributed by atoms with van der Waals surface area (Å²) in [6, 6.07) is 6.22. The molecule has 104 valence electrons. The lowest BCUT2D eigenvalue weighted by Crippen LogP contribution is -2.32. The fraction of sp³-hybridized carbons (Fsp3) is 0.533. The average Bonchev–Trinajstić information content (AvgIpc) is 2.86. The normalized spacial score (nSPS) is 19.9. The van der Waals surface area contributed by atoms with Gasteiger partial charge >= 0.3 is 0 Å². The Labute approximate surface area is 113 Å². The maximum Gasteiger partial charge on any atom is 0.251 e. The first-order valence-corrected chi connectivity index (χ1v) is 6.84. The number of hydrogen-bond donors (Lipinski definition) is 1. The molecular formula is C15H21FN2O. The molecule has 0 saturated carbocycles. The zero-order chi connectivity index (χ0) is 13.8. The monoisotopic (exact) mass is 264 g/mol. The molecule has 0 aliphatic carbocycles. The molecule has 4 heteroatoms. The Morgan fingerprint density at radius 3 is 2.68 bits per heavy atom. The molecule has 3 nitrogen and oxygen atoms in total. The summed E-state index contributed by atoms with van der Waals surface area (Å²) < 4.78 is 12.8. The van der Waals surface area contributed by atoms with Gasteiger partial charge in [-0.05, 0) is 57.0 Å². The highest BCUT2D eigenvalue weighted by molar-refractivity contribution is 5.94. The number of halogens is 1. The second-order valence-electron chi connectivity index (χ2n) is 5.46. The molecular weight excluding hydrogens is 243 g/mol. The Kier molecular flexibility index (Phi) is 4.53. The van der Waals surface area contributed by atoms with Crippen molar-refractivity contribution in [3.05, 3.63) is 35.6 Å². The lowest BCUT2D eigenvalue weighted by atomic mass is 10.1. The summed E-state index contributed by atoms with van der Waals surface area (Å²) in [6.07, 6.45) is 1.13. The van der Waals surface area contributed by atoms with Crippen molar-refractivity contribution < 1.29 is 9.18 Å². The number of nitrogens with zero attached hydrogens (tertiary/aromatic N) is 1. The summed E-state index contributed by atoms with van der Waals surface area (Å²) in [5.74, 6) is 0.0784. The summed E-state index contributed by atoms with van der Waals surface area (Å²) in [4.78, 5) is 14.3. The van der Waals surface area contributed by atoms with E-state index in [1.54, 1.807) is 0 Å². The summed E-state index contributed by atoms with van der Waals surface area (Å²) in [7, 11) is 0. The molecule has 1 aromatic carbocycles. The molecule has 0 bridgehead atoms. The third kappa shape index (κ3) is 3.77. The van der Waals surface area contributed by atoms with Crippen molar-refractivity contribution in [2.24, 2.45) is 5.92 Å². The lowest BCUT2D eigenvalue weighted by Gasteiger charge is -2.20. The molecule has 0 aromatic heterocycles. The van der Waals surface area contributed by atoms with Crippen LogP contribution in [0.3, 0.4) is 0 Å². The topological polar surface area (TPSA) is 32.3 Å². The van der Waals surface area contributed by atoms with Gasteiger partial charge in [0.25, 0.3) is 5.91 Å². The summed E-state index contributed by atoms with van der Waals surface area (Å²) in [6.45, 7) is 7.23. The van der Waals surface area contributed by atoms with E-state index >= 15 is 0 Å². The first kappa shape index (κ1) is 14.0. The second-order valence-corrected chi connectivity index (χ2v) is 5.46. The maximum absolute atomic E-state index is 12.8. The highest BCUT2D eigenvalue weighted by atomic mass is 19.1. The van der Waals surface area contributed by atoms with E-state index in [2.05, 4.69) is 24.1 Å². The average molecular weight is 264 g/mol. The fourth-order valence-corrected chi connectivity index (χ4v) is 2.44. The van der Waals surface area contributed by atoms with Gasteiger partial charge < -0.3 is 10.2 Å². The Hall–Kier alpha value is -1.42. The SMILES string of the molecule is CC(C)N1CCC(CNC(=O)c2ccc(F)cc2)C1. The van der Waals surface area contributed by atoms with Crippen LogP contribution in [-0.4, -0.2) is 36.5 Å². The van der Waals surface area contributed by atoms with E-state index in [-0.39, 0.29) is 11.7 Å². The molecule has 19 heavy (non-hydrogen) atoms. The minimum Gasteiger partial charge on any atom is -0.352 e. The van der Waals surface area contributed by atoms with Crippen LogP contribution in [0.25, 0.3) is 0 Å². The molecule has 1 fully saturated rings. The van der Waals surface area contributed by atoms with Crippen LogP contribution in [0.15, 0.2) is 24.3 Å². The first-order valence-electron chi connectivity index (χ1n) is 6.84. The van der Waals surface area contributed by atoms with Gasteiger partial charge in [0.1, 0.15) is 5.82 Å². The van der Waals surface area contributed by atoms with Crippen LogP contribution in [0.5, 0.6) is 0 Å². The van der Waals surface area contributed by atoms with Crippen molar-refractivity contribution in [2.75, 3.05) is 19.6 Å². The van der Waals surface area contributed by atoms with E-state index < -0.39 is 0 Å². The Bertz CT molecular complexity index is 430. The highest BCUT2D eigenvalue weighted by Gasteiger charge is 2.24. The molecule has 1 atom stereocenters. The van der Waals surface area contributed by atoms with Crippen molar-refractivity contribution in [3.8, 4) is 0 Å². The third-order valence-electron chi connectivity index (χ3n) is 3.71. The Balaban J connectivity index is 1.80. The van der Waals surface area contributed by atoms with Crippen molar-refractivity contribution in [1.29, 1.82) is 0 Å². The zero-order valence-corrected chi connectivity index (χ0v) is 11.5. The molecule has 2 rings (SSSR count). The maximum atomic E-state index is 12.8. The van der Waals surface area contributed by atoms with Gasteiger partial charge in [-0.15, -0.1) is 0 Å². The molecule has 1 saturated heterocycles. The fourth-order valence-electron chi connectivity index (χ4n) is 2.44. The molecule has 1 aliphatic heterocycles. The quantitative estimate of drug-likeness (QED) is 0.905. The molecule has 1 aliphatic rings. The minimum atomic E-state index is -0.320. The van der Waals surface area contributed by atoms with Crippen LogP contribution < -0.4 is 5.32 Å². The lowest BCUT2D eigenvalue weighted by molar-refractivity contribution is 0.0947. The van der Waals surface area contributed by atoms with Crippen molar-refractivity contribution in [3.63, 3.8) is 0 Å². The summed E-state index contributed by atoms with van der Waals surface area (Å²) in [5.41, 5.74) is 0.514. The minimum absolute atomic E-state index is 0.122. The third-order valence-corrected chi connectivity index (χ3v) is 3.71. The standard InChI is InChI=1S/C15H21FN2O/c1-11(2)18-8-7-12(10-18)9-17-15(19)13-3-5-14(16)6-4-13/h3-6,11-12H,7-10H2,1-2H3,(H,17,19). The number of hydrogen-bond acceptors (Lipinski definition) is 2. The number of amides is 1. The van der Waals surface area contributed by atoms with E-state index in [1.807, 2.05) is 0 Å². The number of carbonyl (C=O) groups is 1. The number of nitrogens with one attached hydrogen (secondary N) is 1. The van der Waals surface area contributed by atoms with E-state index in [0.29, 0.717) is 24.1 Å². The molecule has 0 spiro atoms.